The monoisotopic (exact) mass is 224 g/mol. The van der Waals surface area contributed by atoms with Crippen molar-refractivity contribution in [2.45, 2.75) is 32.7 Å². The van der Waals surface area contributed by atoms with Crippen LogP contribution in [-0.2, 0) is 13.5 Å². The van der Waals surface area contributed by atoms with E-state index in [4.69, 9.17) is 5.73 Å². The Labute approximate surface area is 98.4 Å². The van der Waals surface area contributed by atoms with Crippen molar-refractivity contribution in [2.75, 3.05) is 19.6 Å². The van der Waals surface area contributed by atoms with Gasteiger partial charge in [0.2, 0.25) is 0 Å². The molecule has 92 valence electrons. The van der Waals surface area contributed by atoms with Crippen molar-refractivity contribution in [3.05, 3.63) is 18.0 Å². The van der Waals surface area contributed by atoms with Crippen LogP contribution in [0.3, 0.4) is 0 Å². The highest BCUT2D eigenvalue weighted by molar-refractivity contribution is 5.05. The third kappa shape index (κ3) is 4.33. The molecule has 1 aromatic rings. The molecule has 1 rings (SSSR count). The van der Waals surface area contributed by atoms with Crippen LogP contribution in [0.2, 0.25) is 0 Å². The van der Waals surface area contributed by atoms with Gasteiger partial charge in [0.05, 0.1) is 6.20 Å². The Balaban J connectivity index is 2.27. The first-order valence-electron chi connectivity index (χ1n) is 6.11. The van der Waals surface area contributed by atoms with Gasteiger partial charge in [-0.3, -0.25) is 4.68 Å². The van der Waals surface area contributed by atoms with Gasteiger partial charge in [0, 0.05) is 19.3 Å². The normalized spacial score (nSPS) is 13.3. The van der Waals surface area contributed by atoms with E-state index in [-0.39, 0.29) is 6.04 Å². The number of aryl methyl sites for hydroxylation is 1. The summed E-state index contributed by atoms with van der Waals surface area (Å²) in [6, 6.07) is 0.241. The Morgan fingerprint density at radius 1 is 1.44 bits per heavy atom. The maximum Gasteiger partial charge on any atom is 0.0522 e. The Hall–Kier alpha value is -0.870. The van der Waals surface area contributed by atoms with Crippen molar-refractivity contribution in [3.8, 4) is 0 Å². The summed E-state index contributed by atoms with van der Waals surface area (Å²) in [4.78, 5) is 2.41. The molecular weight excluding hydrogens is 200 g/mol. The van der Waals surface area contributed by atoms with Gasteiger partial charge in [-0.2, -0.15) is 5.10 Å². The summed E-state index contributed by atoms with van der Waals surface area (Å²) in [6.07, 6.45) is 5.92. The Kier molecular flexibility index (Phi) is 5.49. The van der Waals surface area contributed by atoms with E-state index < -0.39 is 0 Å². The lowest BCUT2D eigenvalue weighted by Gasteiger charge is -2.20. The van der Waals surface area contributed by atoms with Crippen molar-refractivity contribution in [1.29, 1.82) is 0 Å². The van der Waals surface area contributed by atoms with Crippen LogP contribution in [-0.4, -0.2) is 40.4 Å². The molecule has 1 unspecified atom stereocenters. The van der Waals surface area contributed by atoms with E-state index >= 15 is 0 Å². The van der Waals surface area contributed by atoms with Crippen LogP contribution < -0.4 is 5.73 Å². The number of nitrogens with two attached hydrogens (primary N) is 1. The van der Waals surface area contributed by atoms with Crippen molar-refractivity contribution in [3.63, 3.8) is 0 Å². The van der Waals surface area contributed by atoms with Crippen molar-refractivity contribution >= 4 is 0 Å². The predicted molar refractivity (Wildman–Crippen MR) is 67.3 cm³/mol. The molecule has 0 amide bonds. The summed E-state index contributed by atoms with van der Waals surface area (Å²) in [5.41, 5.74) is 7.34. The minimum Gasteiger partial charge on any atom is -0.327 e. The average molecular weight is 224 g/mol. The summed E-state index contributed by atoms with van der Waals surface area (Å²) >= 11 is 0. The van der Waals surface area contributed by atoms with Crippen LogP contribution in [0.1, 0.15) is 25.8 Å². The van der Waals surface area contributed by atoms with E-state index in [0.29, 0.717) is 0 Å². The van der Waals surface area contributed by atoms with Gasteiger partial charge in [-0.05, 0) is 38.0 Å². The second kappa shape index (κ2) is 6.66. The molecule has 1 atom stereocenters. The fourth-order valence-corrected chi connectivity index (χ4v) is 1.87. The molecule has 0 aliphatic heterocycles. The zero-order valence-corrected chi connectivity index (χ0v) is 10.7. The zero-order valence-electron chi connectivity index (χ0n) is 10.7. The van der Waals surface area contributed by atoms with Crippen molar-refractivity contribution < 1.29 is 0 Å². The third-order valence-electron chi connectivity index (χ3n) is 2.97. The molecule has 0 spiro atoms. The highest BCUT2D eigenvalue weighted by Gasteiger charge is 2.07. The number of nitrogens with zero attached hydrogens (tertiary/aromatic N) is 3. The molecule has 0 fully saturated rings. The molecule has 2 N–H and O–H groups in total. The van der Waals surface area contributed by atoms with E-state index in [0.717, 1.165) is 32.5 Å². The lowest BCUT2D eigenvalue weighted by molar-refractivity contribution is 0.290. The third-order valence-corrected chi connectivity index (χ3v) is 2.97. The van der Waals surface area contributed by atoms with Crippen LogP contribution in [0.15, 0.2) is 12.4 Å². The lowest BCUT2D eigenvalue weighted by atomic mass is 10.1. The molecule has 16 heavy (non-hydrogen) atoms. The molecule has 1 heterocycles. The van der Waals surface area contributed by atoms with Crippen LogP contribution in [0.4, 0.5) is 0 Å². The quantitative estimate of drug-likeness (QED) is 0.752. The van der Waals surface area contributed by atoms with E-state index in [2.05, 4.69) is 23.8 Å². The maximum atomic E-state index is 6.11. The lowest BCUT2D eigenvalue weighted by Crippen LogP contribution is -2.31. The summed E-state index contributed by atoms with van der Waals surface area (Å²) in [5.74, 6) is 0. The maximum absolute atomic E-state index is 6.11. The van der Waals surface area contributed by atoms with E-state index in [1.807, 2.05) is 24.1 Å². The van der Waals surface area contributed by atoms with Crippen molar-refractivity contribution in [1.82, 2.24) is 14.7 Å². The summed E-state index contributed by atoms with van der Waals surface area (Å²) in [5, 5.41) is 4.15. The number of aromatic nitrogens is 2. The smallest absolute Gasteiger partial charge is 0.0522 e. The van der Waals surface area contributed by atoms with Crippen LogP contribution >= 0.6 is 0 Å². The van der Waals surface area contributed by atoms with E-state index in [1.165, 1.54) is 5.56 Å². The van der Waals surface area contributed by atoms with E-state index in [1.54, 1.807) is 0 Å². The van der Waals surface area contributed by atoms with Gasteiger partial charge < -0.3 is 10.6 Å². The molecule has 0 bridgehead atoms. The minimum atomic E-state index is 0.241. The average Bonchev–Trinajstić information content (AvgIpc) is 2.65. The molecule has 0 aromatic carbocycles. The predicted octanol–water partition coefficient (Wildman–Crippen LogP) is 1.02. The van der Waals surface area contributed by atoms with Gasteiger partial charge in [-0.25, -0.2) is 0 Å². The van der Waals surface area contributed by atoms with Crippen molar-refractivity contribution in [2.24, 2.45) is 12.8 Å². The summed E-state index contributed by atoms with van der Waals surface area (Å²) < 4.78 is 1.83. The largest absolute Gasteiger partial charge is 0.327 e. The second-order valence-electron chi connectivity index (χ2n) is 4.30. The van der Waals surface area contributed by atoms with Gasteiger partial charge in [-0.1, -0.05) is 13.8 Å². The Morgan fingerprint density at radius 2 is 2.12 bits per heavy atom. The minimum absolute atomic E-state index is 0.241. The standard InChI is InChI=1S/C12H24N4/c1-4-16(5-2)7-6-12(13)8-11-9-14-15(3)10-11/h9-10,12H,4-8,13H2,1-3H3. The first-order chi connectivity index (χ1) is 7.65. The Morgan fingerprint density at radius 3 is 2.62 bits per heavy atom. The molecule has 4 nitrogen and oxygen atoms in total. The molecule has 0 aliphatic carbocycles. The highest BCUT2D eigenvalue weighted by atomic mass is 15.2. The first-order valence-corrected chi connectivity index (χ1v) is 6.11. The zero-order chi connectivity index (χ0) is 12.0. The topological polar surface area (TPSA) is 47.1 Å². The number of rotatable bonds is 7. The van der Waals surface area contributed by atoms with Crippen LogP contribution in [0.25, 0.3) is 0 Å². The fourth-order valence-electron chi connectivity index (χ4n) is 1.87. The molecule has 0 saturated carbocycles. The number of hydrogen-bond acceptors (Lipinski definition) is 3. The molecular formula is C12H24N4. The molecule has 0 aliphatic rings. The molecule has 0 radical (unpaired) electrons. The van der Waals surface area contributed by atoms with Gasteiger partial charge in [0.25, 0.3) is 0 Å². The summed E-state index contributed by atoms with van der Waals surface area (Å²) in [7, 11) is 1.94. The number of hydrogen-bond donors (Lipinski definition) is 1. The van der Waals surface area contributed by atoms with Gasteiger partial charge >= 0.3 is 0 Å². The summed E-state index contributed by atoms with van der Waals surface area (Å²) in [6.45, 7) is 7.69. The van der Waals surface area contributed by atoms with Gasteiger partial charge in [-0.15, -0.1) is 0 Å². The van der Waals surface area contributed by atoms with Gasteiger partial charge in [0.15, 0.2) is 0 Å². The van der Waals surface area contributed by atoms with Crippen LogP contribution in [0.5, 0.6) is 0 Å². The first kappa shape index (κ1) is 13.2. The Bertz CT molecular complexity index is 291. The highest BCUT2D eigenvalue weighted by Crippen LogP contribution is 2.03. The molecule has 0 saturated heterocycles. The van der Waals surface area contributed by atoms with E-state index in [9.17, 15) is 0 Å². The molecule has 1 aromatic heterocycles. The molecule has 4 heteroatoms. The fraction of sp³-hybridized carbons (Fsp3) is 0.750. The SMILES string of the molecule is CCN(CC)CCC(N)Cc1cnn(C)c1. The second-order valence-corrected chi connectivity index (χ2v) is 4.30. The van der Waals surface area contributed by atoms with Gasteiger partial charge in [0.1, 0.15) is 0 Å². The van der Waals surface area contributed by atoms with Crippen LogP contribution in [0, 0.1) is 0 Å².